The van der Waals surface area contributed by atoms with Gasteiger partial charge >= 0.3 is 0 Å². The molecule has 1 aliphatic rings. The van der Waals surface area contributed by atoms with Gasteiger partial charge in [-0.1, -0.05) is 30.0 Å². The number of amides is 1. The minimum absolute atomic E-state index is 0.0823. The third-order valence-electron chi connectivity index (χ3n) is 5.59. The zero-order valence-corrected chi connectivity index (χ0v) is 18.5. The lowest BCUT2D eigenvalue weighted by molar-refractivity contribution is -0.119. The number of benzene rings is 2. The summed E-state index contributed by atoms with van der Waals surface area (Å²) in [6.07, 6.45) is 3.25. The Bertz CT molecular complexity index is 1230. The molecule has 4 rings (SSSR count). The molecule has 0 unspecified atom stereocenters. The topological polar surface area (TPSA) is 87.8 Å². The minimum atomic E-state index is -0.762. The summed E-state index contributed by atoms with van der Waals surface area (Å²) in [5.74, 6) is -0.137. The van der Waals surface area contributed by atoms with E-state index in [1.165, 1.54) is 11.8 Å². The molecular formula is C24H24N4O2S. The molecule has 1 amide bonds. The molecule has 31 heavy (non-hydrogen) atoms. The predicted molar refractivity (Wildman–Crippen MR) is 122 cm³/mol. The first-order chi connectivity index (χ1) is 14.9. The molecule has 1 aromatic heterocycles. The van der Waals surface area contributed by atoms with Gasteiger partial charge < -0.3 is 5.32 Å². The summed E-state index contributed by atoms with van der Waals surface area (Å²) in [5.41, 5.74) is 2.49. The van der Waals surface area contributed by atoms with E-state index in [-0.39, 0.29) is 17.2 Å². The van der Waals surface area contributed by atoms with Gasteiger partial charge in [-0.2, -0.15) is 5.26 Å². The average Bonchev–Trinajstić information content (AvgIpc) is 3.20. The number of rotatable bonds is 5. The van der Waals surface area contributed by atoms with Gasteiger partial charge in [-0.15, -0.1) is 0 Å². The number of fused-ring (bicyclic) bond motifs is 1. The molecule has 1 N–H and O–H groups in total. The van der Waals surface area contributed by atoms with Crippen LogP contribution in [0.2, 0.25) is 0 Å². The van der Waals surface area contributed by atoms with E-state index >= 15 is 0 Å². The SMILES string of the molecule is Cc1cc(C)cc(-n2c(SCC(=O)NC3(C#N)CCCC3)nc3ccccc3c2=O)c1. The van der Waals surface area contributed by atoms with E-state index in [0.717, 1.165) is 29.7 Å². The van der Waals surface area contributed by atoms with E-state index in [0.29, 0.717) is 28.9 Å². The van der Waals surface area contributed by atoms with E-state index in [9.17, 15) is 14.9 Å². The van der Waals surface area contributed by atoms with E-state index in [4.69, 9.17) is 4.98 Å². The molecular weight excluding hydrogens is 408 g/mol. The molecule has 0 bridgehead atoms. The van der Waals surface area contributed by atoms with Crippen LogP contribution in [0.3, 0.4) is 0 Å². The van der Waals surface area contributed by atoms with Crippen molar-refractivity contribution in [2.24, 2.45) is 0 Å². The van der Waals surface area contributed by atoms with E-state index < -0.39 is 5.54 Å². The van der Waals surface area contributed by atoms with Crippen LogP contribution in [0, 0.1) is 25.2 Å². The second-order valence-corrected chi connectivity index (χ2v) is 9.08. The third-order valence-corrected chi connectivity index (χ3v) is 6.53. The summed E-state index contributed by atoms with van der Waals surface area (Å²) in [6.45, 7) is 3.97. The van der Waals surface area contributed by atoms with Crippen molar-refractivity contribution in [3.05, 3.63) is 63.9 Å². The van der Waals surface area contributed by atoms with Gasteiger partial charge in [-0.3, -0.25) is 14.2 Å². The van der Waals surface area contributed by atoms with Crippen LogP contribution >= 0.6 is 11.8 Å². The molecule has 0 spiro atoms. The second-order valence-electron chi connectivity index (χ2n) is 8.14. The Hall–Kier alpha value is -3.11. The molecule has 7 heteroatoms. The lowest BCUT2D eigenvalue weighted by Crippen LogP contribution is -2.45. The number of hydrogen-bond donors (Lipinski definition) is 1. The number of aromatic nitrogens is 2. The fraction of sp³-hybridized carbons (Fsp3) is 0.333. The summed E-state index contributed by atoms with van der Waals surface area (Å²) in [5, 5.41) is 13.4. The molecule has 1 fully saturated rings. The Morgan fingerprint density at radius 2 is 1.87 bits per heavy atom. The van der Waals surface area contributed by atoms with Crippen molar-refractivity contribution in [2.75, 3.05) is 5.75 Å². The van der Waals surface area contributed by atoms with Crippen LogP contribution in [0.4, 0.5) is 0 Å². The van der Waals surface area contributed by atoms with Crippen LogP contribution in [-0.4, -0.2) is 26.8 Å². The molecule has 1 aliphatic carbocycles. The first-order valence-electron chi connectivity index (χ1n) is 10.4. The summed E-state index contributed by atoms with van der Waals surface area (Å²) >= 11 is 1.21. The lowest BCUT2D eigenvalue weighted by atomic mass is 10.0. The maximum absolute atomic E-state index is 13.4. The van der Waals surface area contributed by atoms with Gasteiger partial charge in [0.25, 0.3) is 5.56 Å². The number of aryl methyl sites for hydroxylation is 2. The van der Waals surface area contributed by atoms with Crippen LogP contribution in [0.5, 0.6) is 0 Å². The third kappa shape index (κ3) is 4.35. The van der Waals surface area contributed by atoms with Gasteiger partial charge in [-0.25, -0.2) is 4.98 Å². The van der Waals surface area contributed by atoms with Crippen LogP contribution in [-0.2, 0) is 4.79 Å². The van der Waals surface area contributed by atoms with Gasteiger partial charge in [0.05, 0.1) is 28.4 Å². The van der Waals surface area contributed by atoms with Crippen molar-refractivity contribution >= 4 is 28.6 Å². The fourth-order valence-electron chi connectivity index (χ4n) is 4.19. The van der Waals surface area contributed by atoms with Crippen molar-refractivity contribution in [2.45, 2.75) is 50.2 Å². The summed E-state index contributed by atoms with van der Waals surface area (Å²) in [6, 6.07) is 15.4. The molecule has 0 aliphatic heterocycles. The van der Waals surface area contributed by atoms with E-state index in [2.05, 4.69) is 11.4 Å². The molecule has 3 aromatic rings. The largest absolute Gasteiger partial charge is 0.337 e. The molecule has 158 valence electrons. The van der Waals surface area contributed by atoms with Crippen molar-refractivity contribution in [1.82, 2.24) is 14.9 Å². The lowest BCUT2D eigenvalue weighted by Gasteiger charge is -2.22. The predicted octanol–water partition coefficient (Wildman–Crippen LogP) is 4.05. The van der Waals surface area contributed by atoms with Crippen LogP contribution in [0.1, 0.15) is 36.8 Å². The number of thioether (sulfide) groups is 1. The Kier molecular flexibility index (Phi) is 5.84. The number of nitrogens with one attached hydrogen (secondary N) is 1. The van der Waals surface area contributed by atoms with Crippen LogP contribution in [0.15, 0.2) is 52.4 Å². The van der Waals surface area contributed by atoms with E-state index in [1.807, 2.05) is 44.2 Å². The van der Waals surface area contributed by atoms with E-state index in [1.54, 1.807) is 16.7 Å². The fourth-order valence-corrected chi connectivity index (χ4v) is 5.01. The molecule has 0 atom stereocenters. The Balaban J connectivity index is 1.70. The highest BCUT2D eigenvalue weighted by Crippen LogP contribution is 2.29. The summed E-state index contributed by atoms with van der Waals surface area (Å²) < 4.78 is 1.58. The van der Waals surface area contributed by atoms with Gasteiger partial charge in [0, 0.05) is 0 Å². The number of nitrogens with zero attached hydrogens (tertiary/aromatic N) is 3. The van der Waals surface area contributed by atoms with Crippen molar-refractivity contribution in [1.29, 1.82) is 5.26 Å². The average molecular weight is 433 g/mol. The number of carbonyl (C=O) groups is 1. The smallest absolute Gasteiger partial charge is 0.266 e. The minimum Gasteiger partial charge on any atom is -0.337 e. The summed E-state index contributed by atoms with van der Waals surface area (Å²) in [7, 11) is 0. The van der Waals surface area contributed by atoms with Gasteiger partial charge in [0.2, 0.25) is 5.91 Å². The molecule has 2 aromatic carbocycles. The highest BCUT2D eigenvalue weighted by molar-refractivity contribution is 7.99. The monoisotopic (exact) mass is 432 g/mol. The maximum atomic E-state index is 13.4. The van der Waals surface area contributed by atoms with Crippen LogP contribution < -0.4 is 10.9 Å². The number of hydrogen-bond acceptors (Lipinski definition) is 5. The second kappa shape index (κ2) is 8.56. The maximum Gasteiger partial charge on any atom is 0.266 e. The Morgan fingerprint density at radius 3 is 2.55 bits per heavy atom. The molecule has 1 saturated carbocycles. The number of carbonyl (C=O) groups excluding carboxylic acids is 1. The number of para-hydroxylation sites is 1. The first kappa shape index (κ1) is 21.1. The van der Waals surface area contributed by atoms with Gasteiger partial charge in [-0.05, 0) is 74.9 Å². The Labute approximate surface area is 185 Å². The molecule has 0 saturated heterocycles. The normalized spacial score (nSPS) is 15.0. The standard InChI is InChI=1S/C24H24N4O2S/c1-16-11-17(2)13-18(12-16)28-22(30)19-7-3-4-8-20(19)26-23(28)31-14-21(29)27-24(15-25)9-5-6-10-24/h3-4,7-8,11-13H,5-6,9-10,14H2,1-2H3,(H,27,29). The van der Waals surface area contributed by atoms with Crippen LogP contribution in [0.25, 0.3) is 16.6 Å². The molecule has 1 heterocycles. The molecule has 6 nitrogen and oxygen atoms in total. The van der Waals surface area contributed by atoms with Gasteiger partial charge in [0.1, 0.15) is 5.54 Å². The number of nitriles is 1. The van der Waals surface area contributed by atoms with Crippen molar-refractivity contribution in [3.8, 4) is 11.8 Å². The van der Waals surface area contributed by atoms with Crippen molar-refractivity contribution in [3.63, 3.8) is 0 Å². The highest BCUT2D eigenvalue weighted by atomic mass is 32.2. The summed E-state index contributed by atoms with van der Waals surface area (Å²) in [4.78, 5) is 30.7. The molecule has 0 radical (unpaired) electrons. The zero-order valence-electron chi connectivity index (χ0n) is 17.6. The first-order valence-corrected chi connectivity index (χ1v) is 11.3. The van der Waals surface area contributed by atoms with Gasteiger partial charge in [0.15, 0.2) is 5.16 Å². The zero-order chi connectivity index (χ0) is 22.0. The Morgan fingerprint density at radius 1 is 1.19 bits per heavy atom. The van der Waals surface area contributed by atoms with Crippen molar-refractivity contribution < 1.29 is 4.79 Å². The quantitative estimate of drug-likeness (QED) is 0.485. The highest BCUT2D eigenvalue weighted by Gasteiger charge is 2.35.